The van der Waals surface area contributed by atoms with Crippen molar-refractivity contribution in [1.29, 1.82) is 0 Å². The molecule has 30 heavy (non-hydrogen) atoms. The first-order chi connectivity index (χ1) is 14.1. The van der Waals surface area contributed by atoms with E-state index in [4.69, 9.17) is 9.90 Å². The summed E-state index contributed by atoms with van der Waals surface area (Å²) < 4.78 is 33.6. The summed E-state index contributed by atoms with van der Waals surface area (Å²) in [7, 11) is 1.94. The van der Waals surface area contributed by atoms with E-state index >= 15 is 0 Å². The number of β-lactam (4-membered cyclic amide) rings is 1. The van der Waals surface area contributed by atoms with Crippen molar-refractivity contribution in [2.75, 3.05) is 24.5 Å². The highest BCUT2D eigenvalue weighted by molar-refractivity contribution is 6.04. The molecule has 1 amide bonds. The number of aromatic nitrogens is 2. The van der Waals surface area contributed by atoms with E-state index in [1.165, 1.54) is 5.56 Å². The Hall–Kier alpha value is -2.88. The molecule has 162 valence electrons. The minimum Gasteiger partial charge on any atom is -0.475 e. The predicted molar refractivity (Wildman–Crippen MR) is 103 cm³/mol. The topological polar surface area (TPSA) is 78.7 Å². The summed E-state index contributed by atoms with van der Waals surface area (Å²) in [5.74, 6) is -2.45. The van der Waals surface area contributed by atoms with Crippen molar-refractivity contribution in [3.8, 4) is 0 Å². The SMILES string of the molecule is Cn1cc(CN2CCC3(CC2)CN(c2ccccc2)C3=O)cn1.O=C(O)C(F)(F)F. The third kappa shape index (κ3) is 4.81. The van der Waals surface area contributed by atoms with Crippen LogP contribution in [0.5, 0.6) is 0 Å². The molecular formula is C20H23F3N4O3. The van der Waals surface area contributed by atoms with Gasteiger partial charge in [-0.1, -0.05) is 18.2 Å². The van der Waals surface area contributed by atoms with Gasteiger partial charge in [0, 0.05) is 37.6 Å². The molecule has 0 aliphatic carbocycles. The number of aryl methyl sites for hydroxylation is 1. The van der Waals surface area contributed by atoms with Gasteiger partial charge in [0.1, 0.15) is 0 Å². The highest BCUT2D eigenvalue weighted by Crippen LogP contribution is 2.43. The zero-order valence-corrected chi connectivity index (χ0v) is 16.5. The van der Waals surface area contributed by atoms with Gasteiger partial charge in [-0.05, 0) is 38.1 Å². The second-order valence-corrected chi connectivity index (χ2v) is 7.61. The van der Waals surface area contributed by atoms with Crippen LogP contribution in [0.2, 0.25) is 0 Å². The van der Waals surface area contributed by atoms with Crippen LogP contribution in [0, 0.1) is 5.41 Å². The molecule has 7 nitrogen and oxygen atoms in total. The molecule has 3 heterocycles. The summed E-state index contributed by atoms with van der Waals surface area (Å²) in [6.45, 7) is 3.78. The Morgan fingerprint density at radius 2 is 1.80 bits per heavy atom. The Morgan fingerprint density at radius 1 is 1.20 bits per heavy atom. The van der Waals surface area contributed by atoms with Gasteiger partial charge in [-0.15, -0.1) is 0 Å². The molecule has 10 heteroatoms. The summed E-state index contributed by atoms with van der Waals surface area (Å²) in [6.07, 6.45) is 0.844. The fourth-order valence-electron chi connectivity index (χ4n) is 3.78. The monoisotopic (exact) mass is 424 g/mol. The Kier molecular flexibility index (Phi) is 6.16. The average Bonchev–Trinajstić information content (AvgIpc) is 3.12. The van der Waals surface area contributed by atoms with E-state index in [1.54, 1.807) is 0 Å². The third-order valence-electron chi connectivity index (χ3n) is 5.45. The molecular weight excluding hydrogens is 401 g/mol. The van der Waals surface area contributed by atoms with E-state index in [0.717, 1.165) is 44.7 Å². The molecule has 0 unspecified atom stereocenters. The van der Waals surface area contributed by atoms with Crippen LogP contribution < -0.4 is 4.90 Å². The van der Waals surface area contributed by atoms with Crippen molar-refractivity contribution in [1.82, 2.24) is 14.7 Å². The lowest BCUT2D eigenvalue weighted by molar-refractivity contribution is -0.192. The number of hydrogen-bond acceptors (Lipinski definition) is 4. The van der Waals surface area contributed by atoms with Crippen LogP contribution in [0.25, 0.3) is 0 Å². The molecule has 4 rings (SSSR count). The van der Waals surface area contributed by atoms with Gasteiger partial charge in [-0.25, -0.2) is 4.79 Å². The van der Waals surface area contributed by atoms with Gasteiger partial charge in [0.2, 0.25) is 5.91 Å². The Bertz CT molecular complexity index is 890. The zero-order chi connectivity index (χ0) is 21.9. The van der Waals surface area contributed by atoms with Crippen molar-refractivity contribution in [2.45, 2.75) is 25.6 Å². The molecule has 0 bridgehead atoms. The van der Waals surface area contributed by atoms with Crippen LogP contribution in [0.4, 0.5) is 18.9 Å². The predicted octanol–water partition coefficient (Wildman–Crippen LogP) is 2.68. The summed E-state index contributed by atoms with van der Waals surface area (Å²) >= 11 is 0. The summed E-state index contributed by atoms with van der Waals surface area (Å²) in [5, 5.41) is 11.3. The van der Waals surface area contributed by atoms with Crippen molar-refractivity contribution in [3.63, 3.8) is 0 Å². The van der Waals surface area contributed by atoms with Crippen LogP contribution >= 0.6 is 0 Å². The van der Waals surface area contributed by atoms with E-state index in [1.807, 2.05) is 53.2 Å². The van der Waals surface area contributed by atoms with E-state index in [2.05, 4.69) is 16.2 Å². The molecule has 1 spiro atoms. The van der Waals surface area contributed by atoms with Gasteiger partial charge in [0.05, 0.1) is 11.6 Å². The van der Waals surface area contributed by atoms with E-state index in [-0.39, 0.29) is 5.41 Å². The second kappa shape index (κ2) is 8.47. The molecule has 0 saturated carbocycles. The molecule has 0 radical (unpaired) electrons. The maximum Gasteiger partial charge on any atom is 0.490 e. The van der Waals surface area contributed by atoms with Gasteiger partial charge in [0.15, 0.2) is 0 Å². The molecule has 2 aliphatic heterocycles. The average molecular weight is 424 g/mol. The highest BCUT2D eigenvalue weighted by atomic mass is 19.4. The maximum atomic E-state index is 12.7. The number of piperidine rings is 1. The normalized spacial score (nSPS) is 18.5. The molecule has 2 aromatic rings. The number of nitrogens with zero attached hydrogens (tertiary/aromatic N) is 4. The van der Waals surface area contributed by atoms with Crippen LogP contribution in [-0.2, 0) is 23.2 Å². The Morgan fingerprint density at radius 3 is 2.27 bits per heavy atom. The highest BCUT2D eigenvalue weighted by Gasteiger charge is 2.53. The van der Waals surface area contributed by atoms with Crippen molar-refractivity contribution >= 4 is 17.6 Å². The lowest BCUT2D eigenvalue weighted by Crippen LogP contribution is -2.64. The molecule has 1 aromatic carbocycles. The number of aliphatic carboxylic acids is 1. The number of hydrogen-bond donors (Lipinski definition) is 1. The number of likely N-dealkylation sites (tertiary alicyclic amines) is 1. The summed E-state index contributed by atoms with van der Waals surface area (Å²) in [6, 6.07) is 10.00. The number of rotatable bonds is 3. The van der Waals surface area contributed by atoms with Crippen LogP contribution in [0.15, 0.2) is 42.7 Å². The van der Waals surface area contributed by atoms with Gasteiger partial charge in [0.25, 0.3) is 0 Å². The van der Waals surface area contributed by atoms with Gasteiger partial charge in [-0.2, -0.15) is 18.3 Å². The first kappa shape index (κ1) is 21.8. The van der Waals surface area contributed by atoms with E-state index in [0.29, 0.717) is 5.91 Å². The van der Waals surface area contributed by atoms with Crippen molar-refractivity contribution < 1.29 is 27.9 Å². The minimum absolute atomic E-state index is 0.110. The number of para-hydroxylation sites is 1. The second-order valence-electron chi connectivity index (χ2n) is 7.61. The minimum atomic E-state index is -5.08. The summed E-state index contributed by atoms with van der Waals surface area (Å²) in [5.41, 5.74) is 2.16. The number of anilines is 1. The van der Waals surface area contributed by atoms with Gasteiger partial charge >= 0.3 is 12.1 Å². The van der Waals surface area contributed by atoms with Crippen LogP contribution in [-0.4, -0.2) is 57.5 Å². The standard InChI is InChI=1S/C18H22N4O.C2HF3O2/c1-20-12-15(11-19-20)13-21-9-7-18(8-10-21)14-22(17(18)23)16-5-3-2-4-6-16;3-2(4,5)1(6)7/h2-6,11-12H,7-10,13-14H2,1H3;(H,6,7). The third-order valence-corrected chi connectivity index (χ3v) is 5.45. The Labute approximate surface area is 171 Å². The van der Waals surface area contributed by atoms with Crippen molar-refractivity contribution in [3.05, 3.63) is 48.3 Å². The number of carbonyl (C=O) groups is 2. The number of carboxylic acid groups (broad SMARTS) is 1. The fourth-order valence-corrected chi connectivity index (χ4v) is 3.78. The molecule has 2 saturated heterocycles. The van der Waals surface area contributed by atoms with Crippen LogP contribution in [0.1, 0.15) is 18.4 Å². The number of benzene rings is 1. The molecule has 0 atom stereocenters. The van der Waals surface area contributed by atoms with Crippen LogP contribution in [0.3, 0.4) is 0 Å². The number of alkyl halides is 3. The fraction of sp³-hybridized carbons (Fsp3) is 0.450. The molecule has 1 aromatic heterocycles. The zero-order valence-electron chi connectivity index (χ0n) is 16.5. The first-order valence-corrected chi connectivity index (χ1v) is 9.48. The quantitative estimate of drug-likeness (QED) is 0.767. The summed E-state index contributed by atoms with van der Waals surface area (Å²) in [4.78, 5) is 26.0. The molecule has 2 aliphatic rings. The lowest BCUT2D eigenvalue weighted by Gasteiger charge is -2.52. The van der Waals surface area contributed by atoms with E-state index in [9.17, 15) is 18.0 Å². The van der Waals surface area contributed by atoms with E-state index < -0.39 is 12.1 Å². The maximum absolute atomic E-state index is 12.7. The van der Waals surface area contributed by atoms with Gasteiger partial charge < -0.3 is 10.0 Å². The van der Waals surface area contributed by atoms with Gasteiger partial charge in [-0.3, -0.25) is 14.4 Å². The Balaban J connectivity index is 0.000000318. The number of carbonyl (C=O) groups excluding carboxylic acids is 1. The molecule has 1 N–H and O–H groups in total. The smallest absolute Gasteiger partial charge is 0.475 e. The largest absolute Gasteiger partial charge is 0.490 e. The number of halogens is 3. The number of amides is 1. The first-order valence-electron chi connectivity index (χ1n) is 9.48. The van der Waals surface area contributed by atoms with Crippen molar-refractivity contribution in [2.24, 2.45) is 12.5 Å². The lowest BCUT2D eigenvalue weighted by atomic mass is 9.70. The number of carboxylic acids is 1. The molecule has 2 fully saturated rings.